The van der Waals surface area contributed by atoms with Gasteiger partial charge in [0.1, 0.15) is 11.3 Å². The van der Waals surface area contributed by atoms with Crippen LogP contribution in [-0.2, 0) is 0 Å². The van der Waals surface area contributed by atoms with Crippen molar-refractivity contribution < 1.29 is 9.15 Å². The highest BCUT2D eigenvalue weighted by atomic mass is 32.2. The van der Waals surface area contributed by atoms with Crippen LogP contribution in [0, 0.1) is 6.92 Å². The number of para-hydroxylation sites is 2. The summed E-state index contributed by atoms with van der Waals surface area (Å²) in [6.45, 7) is 2.69. The van der Waals surface area contributed by atoms with Crippen LogP contribution in [0.5, 0.6) is 5.75 Å². The lowest BCUT2D eigenvalue weighted by atomic mass is 10.2. The molecule has 0 radical (unpaired) electrons. The van der Waals surface area contributed by atoms with E-state index in [4.69, 9.17) is 9.15 Å². The summed E-state index contributed by atoms with van der Waals surface area (Å²) >= 11 is 1.57. The molecular formula is C16H15NO2S. The first-order valence-electron chi connectivity index (χ1n) is 6.49. The van der Waals surface area contributed by atoms with Crippen LogP contribution in [0.4, 0.5) is 0 Å². The van der Waals surface area contributed by atoms with Crippen LogP contribution < -0.4 is 4.74 Å². The lowest BCUT2D eigenvalue weighted by Crippen LogP contribution is -1.99. The Bertz CT molecular complexity index is 658. The molecule has 102 valence electrons. The maximum absolute atomic E-state index is 5.67. The van der Waals surface area contributed by atoms with E-state index in [0.29, 0.717) is 11.8 Å². The molecule has 0 saturated heterocycles. The van der Waals surface area contributed by atoms with Gasteiger partial charge in [0, 0.05) is 5.75 Å². The number of aryl methyl sites for hydroxylation is 1. The molecule has 1 heterocycles. The first-order valence-corrected chi connectivity index (χ1v) is 7.48. The van der Waals surface area contributed by atoms with Gasteiger partial charge in [0.2, 0.25) is 0 Å². The van der Waals surface area contributed by atoms with E-state index in [2.05, 4.69) is 11.9 Å². The molecule has 0 aliphatic heterocycles. The van der Waals surface area contributed by atoms with Gasteiger partial charge in [0.15, 0.2) is 5.58 Å². The summed E-state index contributed by atoms with van der Waals surface area (Å²) in [6, 6.07) is 15.8. The molecule has 0 fully saturated rings. The van der Waals surface area contributed by atoms with Crippen LogP contribution in [0.15, 0.2) is 58.2 Å². The number of ether oxygens (including phenoxy) is 1. The van der Waals surface area contributed by atoms with E-state index in [0.717, 1.165) is 22.6 Å². The Balaban J connectivity index is 1.51. The first-order chi connectivity index (χ1) is 9.81. The van der Waals surface area contributed by atoms with Gasteiger partial charge in [-0.3, -0.25) is 0 Å². The van der Waals surface area contributed by atoms with E-state index in [9.17, 15) is 0 Å². The molecule has 3 aromatic rings. The molecule has 0 saturated carbocycles. The molecular weight excluding hydrogens is 270 g/mol. The summed E-state index contributed by atoms with van der Waals surface area (Å²) in [5, 5.41) is 0.693. The minimum Gasteiger partial charge on any atom is -0.493 e. The number of hydrogen-bond donors (Lipinski definition) is 0. The van der Waals surface area contributed by atoms with Gasteiger partial charge in [-0.25, -0.2) is 4.98 Å². The molecule has 0 spiro atoms. The number of oxazole rings is 1. The number of nitrogens with zero attached hydrogens (tertiary/aromatic N) is 1. The highest BCUT2D eigenvalue weighted by molar-refractivity contribution is 7.99. The number of fused-ring (bicyclic) bond motifs is 1. The predicted octanol–water partition coefficient (Wildman–Crippen LogP) is 4.31. The highest BCUT2D eigenvalue weighted by Crippen LogP contribution is 2.23. The van der Waals surface area contributed by atoms with Crippen LogP contribution >= 0.6 is 11.8 Å². The summed E-state index contributed by atoms with van der Waals surface area (Å²) in [5.74, 6) is 1.70. The molecule has 0 aliphatic rings. The molecule has 3 nitrogen and oxygen atoms in total. The van der Waals surface area contributed by atoms with Crippen molar-refractivity contribution in [2.24, 2.45) is 0 Å². The van der Waals surface area contributed by atoms with Crippen molar-refractivity contribution in [3.05, 3.63) is 54.1 Å². The lowest BCUT2D eigenvalue weighted by Gasteiger charge is -2.04. The van der Waals surface area contributed by atoms with Crippen molar-refractivity contribution in [2.75, 3.05) is 12.4 Å². The fourth-order valence-corrected chi connectivity index (χ4v) is 2.49. The molecule has 0 amide bonds. The van der Waals surface area contributed by atoms with E-state index >= 15 is 0 Å². The van der Waals surface area contributed by atoms with Crippen LogP contribution in [0.2, 0.25) is 0 Å². The standard InChI is InChI=1S/C16H15NO2S/c1-12-6-8-13(9-7-12)18-10-11-20-16-17-14-4-2-3-5-15(14)19-16/h2-9H,10-11H2,1H3. The first kappa shape index (κ1) is 13.1. The summed E-state index contributed by atoms with van der Waals surface area (Å²) in [7, 11) is 0. The Hall–Kier alpha value is -1.94. The molecule has 4 heteroatoms. The third kappa shape index (κ3) is 3.14. The number of benzene rings is 2. The third-order valence-electron chi connectivity index (χ3n) is 2.87. The Kier molecular flexibility index (Phi) is 3.92. The zero-order chi connectivity index (χ0) is 13.8. The molecule has 0 bridgehead atoms. The summed E-state index contributed by atoms with van der Waals surface area (Å²) in [5.41, 5.74) is 2.96. The van der Waals surface area contributed by atoms with Gasteiger partial charge >= 0.3 is 0 Å². The molecule has 0 unspecified atom stereocenters. The SMILES string of the molecule is Cc1ccc(OCCSc2nc3ccccc3o2)cc1. The van der Waals surface area contributed by atoms with Gasteiger partial charge in [-0.1, -0.05) is 41.6 Å². The van der Waals surface area contributed by atoms with E-state index in [1.165, 1.54) is 5.56 Å². The molecule has 0 aliphatic carbocycles. The zero-order valence-electron chi connectivity index (χ0n) is 11.2. The minimum absolute atomic E-state index is 0.631. The Labute approximate surface area is 122 Å². The van der Waals surface area contributed by atoms with Gasteiger partial charge in [0.25, 0.3) is 5.22 Å². The van der Waals surface area contributed by atoms with Crippen molar-refractivity contribution in [1.29, 1.82) is 0 Å². The Morgan fingerprint density at radius 2 is 1.90 bits per heavy atom. The molecule has 0 N–H and O–H groups in total. The van der Waals surface area contributed by atoms with Crippen molar-refractivity contribution in [1.82, 2.24) is 4.98 Å². The number of aromatic nitrogens is 1. The summed E-state index contributed by atoms with van der Waals surface area (Å²) in [4.78, 5) is 4.41. The van der Waals surface area contributed by atoms with Crippen LogP contribution in [0.25, 0.3) is 11.1 Å². The zero-order valence-corrected chi connectivity index (χ0v) is 12.0. The summed E-state index contributed by atoms with van der Waals surface area (Å²) in [6.07, 6.45) is 0. The predicted molar refractivity (Wildman–Crippen MR) is 81.4 cm³/mol. The average molecular weight is 285 g/mol. The third-order valence-corrected chi connectivity index (χ3v) is 3.67. The Morgan fingerprint density at radius 3 is 2.70 bits per heavy atom. The van der Waals surface area contributed by atoms with E-state index < -0.39 is 0 Å². The minimum atomic E-state index is 0.631. The largest absolute Gasteiger partial charge is 0.493 e. The number of thioether (sulfide) groups is 1. The lowest BCUT2D eigenvalue weighted by molar-refractivity contribution is 0.343. The monoisotopic (exact) mass is 285 g/mol. The second kappa shape index (κ2) is 6.01. The quantitative estimate of drug-likeness (QED) is 0.517. The van der Waals surface area contributed by atoms with Gasteiger partial charge in [-0.15, -0.1) is 0 Å². The van der Waals surface area contributed by atoms with Crippen LogP contribution in [0.1, 0.15) is 5.56 Å². The van der Waals surface area contributed by atoms with Crippen molar-refractivity contribution >= 4 is 22.9 Å². The molecule has 20 heavy (non-hydrogen) atoms. The fraction of sp³-hybridized carbons (Fsp3) is 0.188. The highest BCUT2D eigenvalue weighted by Gasteiger charge is 2.05. The normalized spacial score (nSPS) is 10.8. The molecule has 1 aromatic heterocycles. The van der Waals surface area contributed by atoms with E-state index in [-0.39, 0.29) is 0 Å². The number of hydrogen-bond acceptors (Lipinski definition) is 4. The van der Waals surface area contributed by atoms with Crippen molar-refractivity contribution in [3.8, 4) is 5.75 Å². The average Bonchev–Trinajstić information content (AvgIpc) is 2.88. The van der Waals surface area contributed by atoms with Gasteiger partial charge in [-0.2, -0.15) is 0 Å². The van der Waals surface area contributed by atoms with Gasteiger partial charge in [0.05, 0.1) is 6.61 Å². The van der Waals surface area contributed by atoms with Crippen molar-refractivity contribution in [2.45, 2.75) is 12.1 Å². The fourth-order valence-electron chi connectivity index (χ4n) is 1.84. The second-order valence-electron chi connectivity index (χ2n) is 4.46. The summed E-state index contributed by atoms with van der Waals surface area (Å²) < 4.78 is 11.3. The van der Waals surface area contributed by atoms with E-state index in [1.807, 2.05) is 48.5 Å². The second-order valence-corrected chi connectivity index (χ2v) is 5.50. The maximum atomic E-state index is 5.67. The van der Waals surface area contributed by atoms with Crippen LogP contribution in [-0.4, -0.2) is 17.3 Å². The molecule has 3 rings (SSSR count). The topological polar surface area (TPSA) is 35.3 Å². The Morgan fingerprint density at radius 1 is 1.10 bits per heavy atom. The maximum Gasteiger partial charge on any atom is 0.256 e. The van der Waals surface area contributed by atoms with Gasteiger partial charge < -0.3 is 9.15 Å². The van der Waals surface area contributed by atoms with E-state index in [1.54, 1.807) is 11.8 Å². The smallest absolute Gasteiger partial charge is 0.256 e. The van der Waals surface area contributed by atoms with Gasteiger partial charge in [-0.05, 0) is 31.2 Å². The number of rotatable bonds is 5. The molecule has 0 atom stereocenters. The molecule has 2 aromatic carbocycles. The van der Waals surface area contributed by atoms with Crippen LogP contribution in [0.3, 0.4) is 0 Å². The van der Waals surface area contributed by atoms with Crippen molar-refractivity contribution in [3.63, 3.8) is 0 Å².